The largest absolute Gasteiger partial charge is 0.467 e. The molecule has 1 N–H and O–H groups in total. The lowest BCUT2D eigenvalue weighted by Gasteiger charge is -2.36. The molecular formula is C15H12N4O2S. The van der Waals surface area contributed by atoms with Crippen LogP contribution in [-0.2, 0) is 6.54 Å². The Bertz CT molecular complexity index is 786. The normalized spacial score (nSPS) is 17.2. The van der Waals surface area contributed by atoms with E-state index < -0.39 is 0 Å². The molecule has 6 nitrogen and oxygen atoms in total. The van der Waals surface area contributed by atoms with E-state index in [1.165, 1.54) is 11.5 Å². The van der Waals surface area contributed by atoms with Gasteiger partial charge in [-0.25, -0.2) is 0 Å². The number of hydrogen-bond acceptors (Lipinski definition) is 6. The van der Waals surface area contributed by atoms with Crippen LogP contribution in [0.3, 0.4) is 0 Å². The predicted octanol–water partition coefficient (Wildman–Crippen LogP) is 2.90. The first-order chi connectivity index (χ1) is 10.8. The van der Waals surface area contributed by atoms with Gasteiger partial charge in [-0.3, -0.25) is 4.79 Å². The van der Waals surface area contributed by atoms with Crippen LogP contribution in [0.2, 0.25) is 0 Å². The van der Waals surface area contributed by atoms with Crippen molar-refractivity contribution < 1.29 is 9.21 Å². The fourth-order valence-corrected chi connectivity index (χ4v) is 3.02. The smallest absolute Gasteiger partial charge is 0.258 e. The lowest BCUT2D eigenvalue weighted by atomic mass is 10.1. The Morgan fingerprint density at radius 3 is 2.95 bits per heavy atom. The average Bonchev–Trinajstić information content (AvgIpc) is 3.23. The Hall–Kier alpha value is -2.67. The van der Waals surface area contributed by atoms with E-state index in [4.69, 9.17) is 4.42 Å². The van der Waals surface area contributed by atoms with Crippen LogP contribution in [0.5, 0.6) is 0 Å². The third-order valence-corrected chi connectivity index (χ3v) is 4.11. The fourth-order valence-electron chi connectivity index (χ4n) is 2.55. The van der Waals surface area contributed by atoms with Crippen molar-refractivity contribution in [2.75, 3.05) is 5.32 Å². The predicted molar refractivity (Wildman–Crippen MR) is 81.3 cm³/mol. The molecule has 4 rings (SSSR count). The number of amides is 1. The summed E-state index contributed by atoms with van der Waals surface area (Å²) in [4.78, 5) is 14.6. The monoisotopic (exact) mass is 312 g/mol. The number of anilines is 1. The molecule has 0 unspecified atom stereocenters. The van der Waals surface area contributed by atoms with Crippen molar-refractivity contribution in [2.24, 2.45) is 0 Å². The number of benzene rings is 1. The van der Waals surface area contributed by atoms with E-state index in [0.717, 1.165) is 17.1 Å². The molecule has 1 aliphatic rings. The van der Waals surface area contributed by atoms with E-state index in [1.807, 2.05) is 41.8 Å². The summed E-state index contributed by atoms with van der Waals surface area (Å²) in [5.74, 6) is 0.673. The zero-order chi connectivity index (χ0) is 14.9. The van der Waals surface area contributed by atoms with Gasteiger partial charge >= 0.3 is 0 Å². The molecule has 0 aliphatic carbocycles. The molecule has 0 saturated heterocycles. The summed E-state index contributed by atoms with van der Waals surface area (Å²) in [6.45, 7) is 0.370. The van der Waals surface area contributed by atoms with Gasteiger partial charge in [-0.2, -0.15) is 0 Å². The number of carbonyl (C=O) groups is 1. The van der Waals surface area contributed by atoms with Crippen LogP contribution >= 0.6 is 11.5 Å². The zero-order valence-electron chi connectivity index (χ0n) is 11.5. The number of furan rings is 1. The molecule has 0 radical (unpaired) electrons. The van der Waals surface area contributed by atoms with Gasteiger partial charge in [0.05, 0.1) is 18.4 Å². The van der Waals surface area contributed by atoms with E-state index in [2.05, 4.69) is 14.9 Å². The molecule has 1 atom stereocenters. The summed E-state index contributed by atoms with van der Waals surface area (Å²) >= 11 is 1.26. The summed E-state index contributed by atoms with van der Waals surface area (Å²) in [7, 11) is 0. The van der Waals surface area contributed by atoms with Crippen molar-refractivity contribution in [1.82, 2.24) is 14.5 Å². The Balaban J connectivity index is 1.76. The maximum absolute atomic E-state index is 12.8. The number of carbonyl (C=O) groups excluding carboxylic acids is 1. The van der Waals surface area contributed by atoms with Gasteiger partial charge in [0.2, 0.25) is 0 Å². The molecular weight excluding hydrogens is 300 g/mol. The second-order valence-electron chi connectivity index (χ2n) is 4.93. The molecule has 0 saturated carbocycles. The zero-order valence-corrected chi connectivity index (χ0v) is 12.3. The molecule has 0 spiro atoms. The number of para-hydroxylation sites is 1. The van der Waals surface area contributed by atoms with Gasteiger partial charge in [-0.1, -0.05) is 16.6 Å². The van der Waals surface area contributed by atoms with E-state index in [-0.39, 0.29) is 12.1 Å². The quantitative estimate of drug-likeness (QED) is 0.805. The summed E-state index contributed by atoms with van der Waals surface area (Å²) in [6.07, 6.45) is 1.25. The van der Waals surface area contributed by atoms with Crippen LogP contribution in [0.1, 0.15) is 28.0 Å². The summed E-state index contributed by atoms with van der Waals surface area (Å²) in [5.41, 5.74) is 2.18. The van der Waals surface area contributed by atoms with Crippen LogP contribution in [0.4, 0.5) is 5.69 Å². The van der Waals surface area contributed by atoms with Crippen molar-refractivity contribution in [1.29, 1.82) is 0 Å². The molecule has 110 valence electrons. The van der Waals surface area contributed by atoms with Crippen molar-refractivity contribution in [2.45, 2.75) is 12.7 Å². The molecule has 1 aliphatic heterocycles. The fraction of sp³-hybridized carbons (Fsp3) is 0.133. The maximum Gasteiger partial charge on any atom is 0.258 e. The standard InChI is InChI=1S/C15H12N4O2S/c20-15-11-5-1-2-6-12(11)16-14(13-9-22-18-17-13)19(15)8-10-4-3-7-21-10/h1-7,9,14,16H,8H2/t14-/m0/s1. The molecule has 3 aromatic rings. The highest BCUT2D eigenvalue weighted by Crippen LogP contribution is 2.33. The molecule has 2 aromatic heterocycles. The Morgan fingerprint density at radius 1 is 1.27 bits per heavy atom. The number of rotatable bonds is 3. The van der Waals surface area contributed by atoms with Crippen LogP contribution in [0.15, 0.2) is 52.5 Å². The van der Waals surface area contributed by atoms with Gasteiger partial charge in [-0.15, -0.1) is 5.10 Å². The molecule has 7 heteroatoms. The minimum absolute atomic E-state index is 0.0521. The number of nitrogens with zero attached hydrogens (tertiary/aromatic N) is 3. The van der Waals surface area contributed by atoms with Gasteiger partial charge in [0.1, 0.15) is 17.6 Å². The second-order valence-corrected chi connectivity index (χ2v) is 5.54. The summed E-state index contributed by atoms with van der Waals surface area (Å²) in [5, 5.41) is 9.31. The topological polar surface area (TPSA) is 71.3 Å². The van der Waals surface area contributed by atoms with E-state index >= 15 is 0 Å². The van der Waals surface area contributed by atoms with Crippen LogP contribution < -0.4 is 5.32 Å². The number of fused-ring (bicyclic) bond motifs is 1. The third kappa shape index (κ3) is 2.15. The highest BCUT2D eigenvalue weighted by atomic mass is 32.1. The molecule has 0 bridgehead atoms. The van der Waals surface area contributed by atoms with Gasteiger partial charge < -0.3 is 14.6 Å². The number of aromatic nitrogens is 2. The van der Waals surface area contributed by atoms with Gasteiger partial charge in [0.15, 0.2) is 0 Å². The Morgan fingerprint density at radius 2 is 2.18 bits per heavy atom. The summed E-state index contributed by atoms with van der Waals surface area (Å²) in [6, 6.07) is 11.1. The van der Waals surface area contributed by atoms with Crippen LogP contribution in [0, 0.1) is 0 Å². The first kappa shape index (κ1) is 13.0. The van der Waals surface area contributed by atoms with Gasteiger partial charge in [0.25, 0.3) is 5.91 Å². The van der Waals surface area contributed by atoms with E-state index in [9.17, 15) is 4.79 Å². The van der Waals surface area contributed by atoms with Gasteiger partial charge in [0, 0.05) is 11.1 Å². The number of nitrogens with one attached hydrogen (secondary N) is 1. The first-order valence-electron chi connectivity index (χ1n) is 6.79. The van der Waals surface area contributed by atoms with Crippen molar-refractivity contribution in [3.05, 3.63) is 65.1 Å². The first-order valence-corrected chi connectivity index (χ1v) is 7.62. The molecule has 0 fully saturated rings. The minimum atomic E-state index is -0.355. The minimum Gasteiger partial charge on any atom is -0.467 e. The third-order valence-electron chi connectivity index (χ3n) is 3.59. The maximum atomic E-state index is 12.8. The number of hydrogen-bond donors (Lipinski definition) is 1. The molecule has 1 amide bonds. The van der Waals surface area contributed by atoms with Crippen LogP contribution in [0.25, 0.3) is 0 Å². The Kier molecular flexibility index (Phi) is 3.12. The van der Waals surface area contributed by atoms with Crippen molar-refractivity contribution in [3.8, 4) is 0 Å². The SMILES string of the molecule is O=C1c2ccccc2N[C@H](c2csnn2)N1Cc1ccco1. The molecule has 22 heavy (non-hydrogen) atoms. The van der Waals surface area contributed by atoms with Crippen molar-refractivity contribution in [3.63, 3.8) is 0 Å². The van der Waals surface area contributed by atoms with E-state index in [0.29, 0.717) is 12.1 Å². The second kappa shape index (κ2) is 5.27. The van der Waals surface area contributed by atoms with Crippen LogP contribution in [-0.4, -0.2) is 20.4 Å². The van der Waals surface area contributed by atoms with E-state index in [1.54, 1.807) is 11.2 Å². The Labute approximate surface area is 130 Å². The summed E-state index contributed by atoms with van der Waals surface area (Å²) < 4.78 is 9.28. The highest BCUT2D eigenvalue weighted by molar-refractivity contribution is 7.03. The van der Waals surface area contributed by atoms with Crippen molar-refractivity contribution >= 4 is 23.1 Å². The highest BCUT2D eigenvalue weighted by Gasteiger charge is 2.34. The lowest BCUT2D eigenvalue weighted by Crippen LogP contribution is -2.42. The molecule has 1 aromatic carbocycles. The van der Waals surface area contributed by atoms with Gasteiger partial charge in [-0.05, 0) is 35.8 Å². The molecule has 3 heterocycles. The average molecular weight is 312 g/mol. The lowest BCUT2D eigenvalue weighted by molar-refractivity contribution is 0.0647.